The first-order valence-electron chi connectivity index (χ1n) is 2.47. The smallest absolute Gasteiger partial charge is 0.0348 e. The zero-order chi connectivity index (χ0) is 5.70. The Morgan fingerprint density at radius 2 is 2.29 bits per heavy atom. The van der Waals surface area contributed by atoms with Gasteiger partial charge in [-0.25, -0.2) is 0 Å². The average Bonchev–Trinajstić information content (AvgIpc) is 1.68. The van der Waals surface area contributed by atoms with Gasteiger partial charge >= 0.3 is 0 Å². The van der Waals surface area contributed by atoms with Crippen LogP contribution < -0.4 is 0 Å². The van der Waals surface area contributed by atoms with E-state index in [4.69, 9.17) is 0 Å². The van der Waals surface area contributed by atoms with Crippen LogP contribution in [0.25, 0.3) is 0 Å². The van der Waals surface area contributed by atoms with Gasteiger partial charge in [-0.2, -0.15) is 0 Å². The van der Waals surface area contributed by atoms with E-state index in [1.54, 1.807) is 0 Å². The Kier molecular flexibility index (Phi) is 4.03. The summed E-state index contributed by atoms with van der Waals surface area (Å²) in [5.41, 5.74) is 1.40. The van der Waals surface area contributed by atoms with E-state index in [2.05, 4.69) is 28.8 Å². The first-order valence-corrected chi connectivity index (χ1v) is 3.05. The summed E-state index contributed by atoms with van der Waals surface area (Å²) in [7, 11) is 3.23. The van der Waals surface area contributed by atoms with Gasteiger partial charge in [0.2, 0.25) is 0 Å². The molecule has 0 aliphatic heterocycles. The van der Waals surface area contributed by atoms with Crippen LogP contribution in [0.1, 0.15) is 20.3 Å². The topological polar surface area (TPSA) is 0 Å². The van der Waals surface area contributed by atoms with E-state index < -0.39 is 0 Å². The van der Waals surface area contributed by atoms with E-state index in [9.17, 15) is 0 Å². The normalized spacial score (nSPS) is 11.4. The standard InChI is InChI=1S/C6H11P/c1-3-6(2)4-5-7/h4-5,7H,3H2,1-2H3/b6-4-. The molecule has 0 aromatic heterocycles. The molecule has 0 radical (unpaired) electrons. The fourth-order valence-electron chi connectivity index (χ4n) is 0.260. The highest BCUT2D eigenvalue weighted by Crippen LogP contribution is 1.94. The average molecular weight is 114 g/mol. The zero-order valence-electron chi connectivity index (χ0n) is 4.86. The Labute approximate surface area is 47.5 Å². The summed E-state index contributed by atoms with van der Waals surface area (Å²) in [5.74, 6) is 1.87. The first kappa shape index (κ1) is 6.91. The van der Waals surface area contributed by atoms with Crippen LogP contribution in [-0.4, -0.2) is 5.80 Å². The molecule has 0 rings (SSSR count). The molecular weight excluding hydrogens is 103 g/mol. The van der Waals surface area contributed by atoms with Crippen LogP contribution in [0.3, 0.4) is 0 Å². The minimum Gasteiger partial charge on any atom is -0.122 e. The van der Waals surface area contributed by atoms with Crippen molar-refractivity contribution in [3.63, 3.8) is 0 Å². The van der Waals surface area contributed by atoms with Gasteiger partial charge < -0.3 is 0 Å². The third kappa shape index (κ3) is 3.75. The second-order valence-electron chi connectivity index (χ2n) is 1.53. The lowest BCUT2D eigenvalue weighted by atomic mass is 10.2. The van der Waals surface area contributed by atoms with E-state index in [1.165, 1.54) is 5.57 Å². The van der Waals surface area contributed by atoms with Crippen molar-refractivity contribution >= 4 is 14.7 Å². The van der Waals surface area contributed by atoms with E-state index in [1.807, 2.05) is 5.80 Å². The van der Waals surface area contributed by atoms with Crippen molar-refractivity contribution in [3.8, 4) is 0 Å². The van der Waals surface area contributed by atoms with Crippen molar-refractivity contribution in [1.29, 1.82) is 0 Å². The molecule has 0 aromatic carbocycles. The van der Waals surface area contributed by atoms with Crippen molar-refractivity contribution in [2.45, 2.75) is 20.3 Å². The largest absolute Gasteiger partial charge is 0.122 e. The summed E-state index contributed by atoms with van der Waals surface area (Å²) in [6, 6.07) is 0. The molecule has 7 heavy (non-hydrogen) atoms. The maximum absolute atomic E-state index is 3.23. The molecule has 0 aliphatic rings. The second-order valence-corrected chi connectivity index (χ2v) is 1.87. The lowest BCUT2D eigenvalue weighted by Gasteiger charge is -1.85. The number of hydrogen-bond donors (Lipinski definition) is 0. The summed E-state index contributed by atoms with van der Waals surface area (Å²) >= 11 is 0. The van der Waals surface area contributed by atoms with Gasteiger partial charge in [-0.1, -0.05) is 18.6 Å². The van der Waals surface area contributed by atoms with Crippen molar-refractivity contribution in [2.75, 3.05) is 0 Å². The SMILES string of the molecule is CC/C(C)=C\C=P. The van der Waals surface area contributed by atoms with Crippen molar-refractivity contribution in [2.24, 2.45) is 0 Å². The van der Waals surface area contributed by atoms with Gasteiger partial charge in [-0.15, -0.1) is 8.86 Å². The molecule has 0 aliphatic carbocycles. The third-order valence-corrected chi connectivity index (χ3v) is 1.09. The van der Waals surface area contributed by atoms with Crippen LogP contribution in [0.2, 0.25) is 0 Å². The highest BCUT2D eigenvalue weighted by atomic mass is 31.0. The minimum absolute atomic E-state index is 1.14. The molecular formula is C6H11P. The monoisotopic (exact) mass is 114 g/mol. The Hall–Kier alpha value is -0.0900. The molecule has 0 saturated heterocycles. The van der Waals surface area contributed by atoms with Gasteiger partial charge in [-0.3, -0.25) is 0 Å². The quantitative estimate of drug-likeness (QED) is 0.483. The molecule has 40 valence electrons. The summed E-state index contributed by atoms with van der Waals surface area (Å²) in [5, 5.41) is 0. The van der Waals surface area contributed by atoms with Crippen LogP contribution in [0.4, 0.5) is 0 Å². The van der Waals surface area contributed by atoms with Crippen molar-refractivity contribution in [3.05, 3.63) is 11.6 Å². The van der Waals surface area contributed by atoms with Crippen LogP contribution in [0.15, 0.2) is 11.6 Å². The molecule has 0 N–H and O–H groups in total. The third-order valence-electron chi connectivity index (χ3n) is 0.926. The summed E-state index contributed by atoms with van der Waals surface area (Å²) < 4.78 is 0. The lowest BCUT2D eigenvalue weighted by Crippen LogP contribution is -1.68. The van der Waals surface area contributed by atoms with E-state index in [-0.39, 0.29) is 0 Å². The van der Waals surface area contributed by atoms with Crippen LogP contribution >= 0.6 is 8.86 Å². The zero-order valence-corrected chi connectivity index (χ0v) is 5.86. The van der Waals surface area contributed by atoms with Crippen LogP contribution in [0, 0.1) is 0 Å². The van der Waals surface area contributed by atoms with Gasteiger partial charge in [-0.05, 0) is 19.1 Å². The summed E-state index contributed by atoms with van der Waals surface area (Å²) in [6.07, 6.45) is 3.19. The van der Waals surface area contributed by atoms with Crippen LogP contribution in [-0.2, 0) is 0 Å². The molecule has 0 saturated carbocycles. The van der Waals surface area contributed by atoms with Gasteiger partial charge in [0.1, 0.15) is 0 Å². The van der Waals surface area contributed by atoms with E-state index in [0.29, 0.717) is 0 Å². The molecule has 0 fully saturated rings. The van der Waals surface area contributed by atoms with Gasteiger partial charge in [0.15, 0.2) is 0 Å². The fourth-order valence-corrected chi connectivity index (χ4v) is 0.545. The first-order chi connectivity index (χ1) is 3.31. The predicted octanol–water partition coefficient (Wildman–Crippen LogP) is 2.29. The van der Waals surface area contributed by atoms with Gasteiger partial charge in [0.05, 0.1) is 0 Å². The highest BCUT2D eigenvalue weighted by molar-refractivity contribution is 7.18. The maximum Gasteiger partial charge on any atom is -0.0348 e. The predicted molar refractivity (Wildman–Crippen MR) is 38.4 cm³/mol. The molecule has 0 nitrogen and oxygen atoms in total. The van der Waals surface area contributed by atoms with E-state index >= 15 is 0 Å². The molecule has 1 heteroatoms. The van der Waals surface area contributed by atoms with Crippen molar-refractivity contribution < 1.29 is 0 Å². The molecule has 0 heterocycles. The Morgan fingerprint density at radius 1 is 1.71 bits per heavy atom. The van der Waals surface area contributed by atoms with Crippen molar-refractivity contribution in [1.82, 2.24) is 0 Å². The number of hydrogen-bond acceptors (Lipinski definition) is 0. The van der Waals surface area contributed by atoms with E-state index in [0.717, 1.165) is 6.42 Å². The lowest BCUT2D eigenvalue weighted by molar-refractivity contribution is 1.10. The molecule has 0 aromatic rings. The fraction of sp³-hybridized carbons (Fsp3) is 0.500. The highest BCUT2D eigenvalue weighted by Gasteiger charge is 1.75. The Balaban J connectivity index is 3.49. The molecule has 0 bridgehead atoms. The molecule has 0 unspecified atom stereocenters. The van der Waals surface area contributed by atoms with Gasteiger partial charge in [0.25, 0.3) is 0 Å². The maximum atomic E-state index is 3.23. The molecule has 0 atom stereocenters. The van der Waals surface area contributed by atoms with Gasteiger partial charge in [0, 0.05) is 0 Å². The second kappa shape index (κ2) is 4.08. The Morgan fingerprint density at radius 3 is 2.43 bits per heavy atom. The summed E-state index contributed by atoms with van der Waals surface area (Å²) in [6.45, 7) is 4.25. The minimum atomic E-state index is 1.14. The summed E-state index contributed by atoms with van der Waals surface area (Å²) in [4.78, 5) is 0. The molecule has 0 spiro atoms. The molecule has 0 amide bonds. The van der Waals surface area contributed by atoms with Crippen LogP contribution in [0.5, 0.6) is 0 Å². The number of rotatable bonds is 2. The number of allylic oxidation sites excluding steroid dienone is 2. The Bertz CT molecular complexity index is 82.2.